The highest BCUT2D eigenvalue weighted by atomic mass is 16.3. The second-order valence-corrected chi connectivity index (χ2v) is 13.3. The highest BCUT2D eigenvalue weighted by molar-refractivity contribution is 6.18. The Bertz CT molecular complexity index is 3170. The summed E-state index contributed by atoms with van der Waals surface area (Å²) >= 11 is 0. The zero-order valence-corrected chi connectivity index (χ0v) is 27.9. The number of nitrogens with zero attached hydrogens (tertiary/aromatic N) is 2. The molecular formula is C48H28N2O2. The van der Waals surface area contributed by atoms with Crippen LogP contribution < -0.4 is 0 Å². The van der Waals surface area contributed by atoms with E-state index >= 15 is 0 Å². The van der Waals surface area contributed by atoms with E-state index in [4.69, 9.17) is 18.8 Å². The number of aromatic nitrogens is 2. The fraction of sp³-hybridized carbons (Fsp3) is 0. The molecule has 0 aliphatic heterocycles. The lowest BCUT2D eigenvalue weighted by molar-refractivity contribution is 0.667. The maximum absolute atomic E-state index is 6.63. The molecule has 11 aromatic rings. The van der Waals surface area contributed by atoms with E-state index in [1.807, 2.05) is 36.4 Å². The van der Waals surface area contributed by atoms with Gasteiger partial charge in [-0.1, -0.05) is 133 Å². The minimum absolute atomic E-state index is 0.616. The SMILES string of the molecule is c1ccc(-c2ccc(-c3cc(-c4nc(-c5cc6ccccc6c6ccccc56)c5oc6ccccc6c5n4)c4c(c3)oc3ccccc34)cc2)cc1. The summed E-state index contributed by atoms with van der Waals surface area (Å²) < 4.78 is 13.2. The molecule has 8 aromatic carbocycles. The quantitative estimate of drug-likeness (QED) is 0.176. The van der Waals surface area contributed by atoms with Crippen molar-refractivity contribution < 1.29 is 8.83 Å². The van der Waals surface area contributed by atoms with Crippen LogP contribution in [0.2, 0.25) is 0 Å². The molecule has 0 bridgehead atoms. The summed E-state index contributed by atoms with van der Waals surface area (Å²) in [6.45, 7) is 0. The van der Waals surface area contributed by atoms with Gasteiger partial charge in [0.2, 0.25) is 0 Å². The van der Waals surface area contributed by atoms with Gasteiger partial charge in [0, 0.05) is 27.3 Å². The Balaban J connectivity index is 1.22. The number of hydrogen-bond acceptors (Lipinski definition) is 4. The van der Waals surface area contributed by atoms with E-state index in [2.05, 4.69) is 133 Å². The summed E-state index contributed by atoms with van der Waals surface area (Å²) in [5, 5.41) is 7.59. The summed E-state index contributed by atoms with van der Waals surface area (Å²) in [5.41, 5.74) is 11.0. The third kappa shape index (κ3) is 4.41. The van der Waals surface area contributed by atoms with Crippen molar-refractivity contribution in [2.75, 3.05) is 0 Å². The first-order chi connectivity index (χ1) is 25.8. The first-order valence-corrected chi connectivity index (χ1v) is 17.5. The van der Waals surface area contributed by atoms with Gasteiger partial charge in [0.05, 0.1) is 0 Å². The van der Waals surface area contributed by atoms with Crippen LogP contribution in [0.3, 0.4) is 0 Å². The van der Waals surface area contributed by atoms with Gasteiger partial charge < -0.3 is 8.83 Å². The maximum atomic E-state index is 6.63. The molecule has 11 rings (SSSR count). The Labute approximate surface area is 298 Å². The number of para-hydroxylation sites is 2. The van der Waals surface area contributed by atoms with Crippen molar-refractivity contribution in [1.29, 1.82) is 0 Å². The molecule has 0 saturated carbocycles. The third-order valence-corrected chi connectivity index (χ3v) is 10.3. The van der Waals surface area contributed by atoms with Gasteiger partial charge in [0.15, 0.2) is 11.4 Å². The van der Waals surface area contributed by atoms with E-state index in [9.17, 15) is 0 Å². The minimum atomic E-state index is 0.616. The van der Waals surface area contributed by atoms with Gasteiger partial charge in [-0.2, -0.15) is 0 Å². The van der Waals surface area contributed by atoms with Gasteiger partial charge in [0.1, 0.15) is 28.0 Å². The molecule has 0 aliphatic rings. The lowest BCUT2D eigenvalue weighted by atomic mass is 9.94. The van der Waals surface area contributed by atoms with Crippen molar-refractivity contribution in [3.63, 3.8) is 0 Å². The van der Waals surface area contributed by atoms with Crippen LogP contribution in [0.15, 0.2) is 179 Å². The number of hydrogen-bond donors (Lipinski definition) is 0. The summed E-state index contributed by atoms with van der Waals surface area (Å²) in [4.78, 5) is 10.8. The minimum Gasteiger partial charge on any atom is -0.456 e. The van der Waals surface area contributed by atoms with Gasteiger partial charge in [0.25, 0.3) is 0 Å². The van der Waals surface area contributed by atoms with Crippen LogP contribution in [-0.2, 0) is 0 Å². The Morgan fingerprint density at radius 2 is 0.962 bits per heavy atom. The fourth-order valence-electron chi connectivity index (χ4n) is 7.83. The lowest BCUT2D eigenvalue weighted by Crippen LogP contribution is -1.96. The average Bonchev–Trinajstić information content (AvgIpc) is 3.79. The van der Waals surface area contributed by atoms with Crippen LogP contribution >= 0.6 is 0 Å². The van der Waals surface area contributed by atoms with E-state index in [0.29, 0.717) is 11.4 Å². The molecule has 4 nitrogen and oxygen atoms in total. The monoisotopic (exact) mass is 664 g/mol. The topological polar surface area (TPSA) is 52.1 Å². The third-order valence-electron chi connectivity index (χ3n) is 10.3. The van der Waals surface area contributed by atoms with Crippen molar-refractivity contribution in [3.05, 3.63) is 170 Å². The first kappa shape index (κ1) is 28.8. The fourth-order valence-corrected chi connectivity index (χ4v) is 7.83. The molecule has 0 saturated heterocycles. The number of furan rings is 2. The van der Waals surface area contributed by atoms with Crippen molar-refractivity contribution in [3.8, 4) is 44.9 Å². The van der Waals surface area contributed by atoms with Crippen LogP contribution in [0, 0.1) is 0 Å². The maximum Gasteiger partial charge on any atom is 0.180 e. The molecule has 0 atom stereocenters. The molecule has 0 unspecified atom stereocenters. The second kappa shape index (κ2) is 11.2. The molecule has 0 fully saturated rings. The molecule has 0 radical (unpaired) electrons. The Morgan fingerprint density at radius 1 is 0.365 bits per heavy atom. The summed E-state index contributed by atoms with van der Waals surface area (Å²) in [6, 6.07) is 59.1. The molecule has 0 aliphatic carbocycles. The van der Waals surface area contributed by atoms with Crippen molar-refractivity contribution in [2.45, 2.75) is 0 Å². The molecule has 3 aromatic heterocycles. The first-order valence-electron chi connectivity index (χ1n) is 17.5. The van der Waals surface area contributed by atoms with Crippen molar-refractivity contribution in [2.24, 2.45) is 0 Å². The van der Waals surface area contributed by atoms with E-state index in [1.165, 1.54) is 21.9 Å². The van der Waals surface area contributed by atoms with Crippen LogP contribution in [0.25, 0.3) is 110 Å². The van der Waals surface area contributed by atoms with Gasteiger partial charge in [-0.15, -0.1) is 0 Å². The largest absolute Gasteiger partial charge is 0.456 e. The molecule has 52 heavy (non-hydrogen) atoms. The Hall–Kier alpha value is -7.04. The number of fused-ring (bicyclic) bond motifs is 9. The number of benzene rings is 8. The summed E-state index contributed by atoms with van der Waals surface area (Å²) in [7, 11) is 0. The van der Waals surface area contributed by atoms with Crippen LogP contribution in [0.4, 0.5) is 0 Å². The van der Waals surface area contributed by atoms with Gasteiger partial charge >= 0.3 is 0 Å². The highest BCUT2D eigenvalue weighted by Crippen LogP contribution is 2.44. The normalized spacial score (nSPS) is 11.8. The van der Waals surface area contributed by atoms with Crippen LogP contribution in [-0.4, -0.2) is 9.97 Å². The molecule has 0 N–H and O–H groups in total. The van der Waals surface area contributed by atoms with E-state index in [0.717, 1.165) is 77.1 Å². The molecule has 4 heteroatoms. The number of rotatable bonds is 4. The van der Waals surface area contributed by atoms with E-state index < -0.39 is 0 Å². The van der Waals surface area contributed by atoms with Crippen LogP contribution in [0.1, 0.15) is 0 Å². The van der Waals surface area contributed by atoms with E-state index in [1.54, 1.807) is 0 Å². The second-order valence-electron chi connectivity index (χ2n) is 13.3. The highest BCUT2D eigenvalue weighted by Gasteiger charge is 2.23. The summed E-state index contributed by atoms with van der Waals surface area (Å²) in [5.74, 6) is 0.616. The predicted molar refractivity (Wildman–Crippen MR) is 213 cm³/mol. The smallest absolute Gasteiger partial charge is 0.180 e. The molecule has 3 heterocycles. The van der Waals surface area contributed by atoms with E-state index in [-0.39, 0.29) is 0 Å². The molecule has 242 valence electrons. The summed E-state index contributed by atoms with van der Waals surface area (Å²) in [6.07, 6.45) is 0. The standard InChI is InChI=1S/C48H28N2O2/c1-2-12-29(13-3-1)30-22-24-31(25-23-30)33-27-40(44-37-18-8-10-20-41(37)51-43(44)28-33)48-49-45-38-19-9-11-21-42(38)52-47(45)46(50-48)39-26-32-14-4-5-15-34(32)35-16-6-7-17-36(35)39/h1-28H. The average molecular weight is 665 g/mol. The lowest BCUT2D eigenvalue weighted by Gasteiger charge is -2.13. The molecular weight excluding hydrogens is 637 g/mol. The Morgan fingerprint density at radius 3 is 1.75 bits per heavy atom. The zero-order chi connectivity index (χ0) is 34.2. The van der Waals surface area contributed by atoms with Crippen molar-refractivity contribution in [1.82, 2.24) is 9.97 Å². The van der Waals surface area contributed by atoms with Gasteiger partial charge in [-0.3, -0.25) is 0 Å². The predicted octanol–water partition coefficient (Wildman–Crippen LogP) is 13.2. The van der Waals surface area contributed by atoms with Crippen LogP contribution in [0.5, 0.6) is 0 Å². The zero-order valence-electron chi connectivity index (χ0n) is 27.9. The molecule has 0 spiro atoms. The van der Waals surface area contributed by atoms with Crippen molar-refractivity contribution >= 4 is 65.6 Å². The Kier molecular flexibility index (Phi) is 6.22. The van der Waals surface area contributed by atoms with Gasteiger partial charge in [-0.25, -0.2) is 9.97 Å². The molecule has 0 amide bonds. The van der Waals surface area contributed by atoms with Gasteiger partial charge in [-0.05, 0) is 80.2 Å².